The third-order valence-corrected chi connectivity index (χ3v) is 5.27. The monoisotopic (exact) mass is 482 g/mol. The molecule has 0 spiro atoms. The van der Waals surface area contributed by atoms with Crippen LogP contribution in [0.3, 0.4) is 0 Å². The predicted molar refractivity (Wildman–Crippen MR) is 122 cm³/mol. The Hall–Kier alpha value is -3.12. The molecule has 12 heteroatoms. The summed E-state index contributed by atoms with van der Waals surface area (Å²) in [7, 11) is 0. The first-order valence-corrected chi connectivity index (χ1v) is 11.6. The molecule has 1 aromatic rings. The molecular formula is C21H30N4O7S. The highest BCUT2D eigenvalue weighted by Gasteiger charge is 2.29. The number of hydrogen-bond donors (Lipinski definition) is 6. The molecule has 7 N–H and O–H groups in total. The van der Waals surface area contributed by atoms with Crippen LogP contribution < -0.4 is 21.7 Å². The van der Waals surface area contributed by atoms with Gasteiger partial charge in [0, 0.05) is 12.8 Å². The first-order chi connectivity index (χ1) is 15.7. The molecule has 0 aliphatic rings. The van der Waals surface area contributed by atoms with Crippen LogP contribution >= 0.6 is 11.8 Å². The van der Waals surface area contributed by atoms with Crippen LogP contribution in [0.15, 0.2) is 30.3 Å². The standard InChI is InChI=1S/C21H30N4O7S/c1-33-10-9-14(23-17(26)12-22)19(29)25-16(11-13-5-3-2-4-6-13)20(30)24-15(21(31)32)7-8-18(27)28/h2-6,14-16H,7-12,22H2,1H3,(H,23,26)(H,24,30)(H,25,29)(H,27,28)(H,31,32). The third kappa shape index (κ3) is 10.8. The van der Waals surface area contributed by atoms with E-state index in [1.807, 2.05) is 6.26 Å². The van der Waals surface area contributed by atoms with Gasteiger partial charge in [-0.3, -0.25) is 19.2 Å². The van der Waals surface area contributed by atoms with Crippen LogP contribution in [0, 0.1) is 0 Å². The zero-order chi connectivity index (χ0) is 24.8. The van der Waals surface area contributed by atoms with Gasteiger partial charge in [-0.05, 0) is 30.4 Å². The number of thioether (sulfide) groups is 1. The number of benzene rings is 1. The van der Waals surface area contributed by atoms with Crippen LogP contribution in [-0.2, 0) is 30.4 Å². The normalized spacial score (nSPS) is 13.3. The van der Waals surface area contributed by atoms with Crippen LogP contribution in [-0.4, -0.2) is 76.6 Å². The molecule has 3 amide bonds. The Balaban J connectivity index is 3.04. The van der Waals surface area contributed by atoms with Gasteiger partial charge in [0.25, 0.3) is 0 Å². The molecule has 1 rings (SSSR count). The molecule has 0 bridgehead atoms. The molecule has 0 aliphatic carbocycles. The maximum atomic E-state index is 12.9. The van der Waals surface area contributed by atoms with Gasteiger partial charge in [0.05, 0.1) is 6.54 Å². The number of carbonyl (C=O) groups excluding carboxylic acids is 3. The highest BCUT2D eigenvalue weighted by atomic mass is 32.2. The van der Waals surface area contributed by atoms with Crippen molar-refractivity contribution in [3.05, 3.63) is 35.9 Å². The summed E-state index contributed by atoms with van der Waals surface area (Å²) in [6.07, 6.45) is 1.44. The van der Waals surface area contributed by atoms with Crippen molar-refractivity contribution >= 4 is 41.4 Å². The van der Waals surface area contributed by atoms with Crippen molar-refractivity contribution in [1.82, 2.24) is 16.0 Å². The van der Waals surface area contributed by atoms with Crippen LogP contribution in [0.2, 0.25) is 0 Å². The predicted octanol–water partition coefficient (Wildman–Crippen LogP) is -0.655. The van der Waals surface area contributed by atoms with Gasteiger partial charge in [0.2, 0.25) is 17.7 Å². The Morgan fingerprint density at radius 3 is 2.06 bits per heavy atom. The quantitative estimate of drug-likeness (QED) is 0.189. The summed E-state index contributed by atoms with van der Waals surface area (Å²) in [5.41, 5.74) is 6.03. The minimum Gasteiger partial charge on any atom is -0.481 e. The van der Waals surface area contributed by atoms with Gasteiger partial charge in [-0.15, -0.1) is 0 Å². The maximum Gasteiger partial charge on any atom is 0.326 e. The van der Waals surface area contributed by atoms with E-state index in [9.17, 15) is 29.1 Å². The zero-order valence-corrected chi connectivity index (χ0v) is 19.1. The number of carboxylic acid groups (broad SMARTS) is 2. The van der Waals surface area contributed by atoms with Crippen molar-refractivity contribution < 1.29 is 34.2 Å². The average molecular weight is 483 g/mol. The molecule has 1 aromatic carbocycles. The fourth-order valence-electron chi connectivity index (χ4n) is 2.89. The lowest BCUT2D eigenvalue weighted by Gasteiger charge is -2.24. The smallest absolute Gasteiger partial charge is 0.326 e. The molecule has 33 heavy (non-hydrogen) atoms. The Labute approximate surface area is 195 Å². The van der Waals surface area contributed by atoms with Crippen molar-refractivity contribution in [3.8, 4) is 0 Å². The second-order valence-corrected chi connectivity index (χ2v) is 8.17. The lowest BCUT2D eigenvalue weighted by Crippen LogP contribution is -2.57. The molecule has 0 fully saturated rings. The third-order valence-electron chi connectivity index (χ3n) is 4.62. The fraction of sp³-hybridized carbons (Fsp3) is 0.476. The van der Waals surface area contributed by atoms with Crippen molar-refractivity contribution in [2.24, 2.45) is 5.73 Å². The van der Waals surface area contributed by atoms with Crippen molar-refractivity contribution in [1.29, 1.82) is 0 Å². The molecular weight excluding hydrogens is 452 g/mol. The van der Waals surface area contributed by atoms with Gasteiger partial charge in [-0.25, -0.2) is 4.79 Å². The minimum atomic E-state index is -1.44. The summed E-state index contributed by atoms with van der Waals surface area (Å²) in [5.74, 6) is -3.94. The first kappa shape index (κ1) is 27.9. The van der Waals surface area contributed by atoms with Crippen molar-refractivity contribution in [3.63, 3.8) is 0 Å². The molecule has 182 valence electrons. The molecule has 0 saturated carbocycles. The average Bonchev–Trinajstić information content (AvgIpc) is 2.78. The molecule has 0 saturated heterocycles. The van der Waals surface area contributed by atoms with E-state index in [0.717, 1.165) is 0 Å². The van der Waals surface area contributed by atoms with Gasteiger partial charge in [-0.2, -0.15) is 11.8 Å². The van der Waals surface area contributed by atoms with Crippen molar-refractivity contribution in [2.45, 2.75) is 43.8 Å². The highest BCUT2D eigenvalue weighted by Crippen LogP contribution is 2.07. The first-order valence-electron chi connectivity index (χ1n) is 10.3. The largest absolute Gasteiger partial charge is 0.481 e. The lowest BCUT2D eigenvalue weighted by atomic mass is 10.0. The second kappa shape index (κ2) is 14.9. The van der Waals surface area contributed by atoms with E-state index < -0.39 is 54.2 Å². The number of carbonyl (C=O) groups is 5. The molecule has 11 nitrogen and oxygen atoms in total. The Kier molecular flexibility index (Phi) is 12.6. The van der Waals surface area contributed by atoms with Gasteiger partial charge in [0.15, 0.2) is 0 Å². The lowest BCUT2D eigenvalue weighted by molar-refractivity contribution is -0.143. The van der Waals surface area contributed by atoms with Gasteiger partial charge >= 0.3 is 11.9 Å². The number of hydrogen-bond acceptors (Lipinski definition) is 7. The number of carboxylic acids is 2. The number of aliphatic carboxylic acids is 2. The fourth-order valence-corrected chi connectivity index (χ4v) is 3.36. The summed E-state index contributed by atoms with van der Waals surface area (Å²) in [4.78, 5) is 59.8. The summed E-state index contributed by atoms with van der Waals surface area (Å²) >= 11 is 1.47. The number of rotatable bonds is 15. The van der Waals surface area contributed by atoms with Crippen LogP contribution in [0.1, 0.15) is 24.8 Å². The Bertz CT molecular complexity index is 822. The van der Waals surface area contributed by atoms with Crippen LogP contribution in [0.5, 0.6) is 0 Å². The summed E-state index contributed by atoms with van der Waals surface area (Å²) in [5, 5.41) is 25.6. The second-order valence-electron chi connectivity index (χ2n) is 7.19. The topological polar surface area (TPSA) is 188 Å². The maximum absolute atomic E-state index is 12.9. The molecule has 3 unspecified atom stereocenters. The Morgan fingerprint density at radius 2 is 1.52 bits per heavy atom. The SMILES string of the molecule is CSCCC(NC(=O)CN)C(=O)NC(Cc1ccccc1)C(=O)NC(CCC(=O)O)C(=O)O. The zero-order valence-electron chi connectivity index (χ0n) is 18.3. The molecule has 0 heterocycles. The number of nitrogens with one attached hydrogen (secondary N) is 3. The van der Waals surface area contributed by atoms with E-state index >= 15 is 0 Å². The summed E-state index contributed by atoms with van der Waals surface area (Å²) in [6, 6.07) is 5.25. The Morgan fingerprint density at radius 1 is 0.909 bits per heavy atom. The summed E-state index contributed by atoms with van der Waals surface area (Å²) in [6.45, 7) is -0.305. The molecule has 0 aromatic heterocycles. The van der Waals surface area contributed by atoms with E-state index in [1.165, 1.54) is 11.8 Å². The summed E-state index contributed by atoms with van der Waals surface area (Å²) < 4.78 is 0. The minimum absolute atomic E-state index is 0.0593. The van der Waals surface area contributed by atoms with E-state index in [-0.39, 0.29) is 19.4 Å². The van der Waals surface area contributed by atoms with E-state index in [0.29, 0.717) is 17.7 Å². The van der Waals surface area contributed by atoms with E-state index in [1.54, 1.807) is 30.3 Å². The number of amides is 3. The van der Waals surface area contributed by atoms with Gasteiger partial charge in [0.1, 0.15) is 18.1 Å². The highest BCUT2D eigenvalue weighted by molar-refractivity contribution is 7.98. The molecule has 3 atom stereocenters. The van der Waals surface area contributed by atoms with Crippen molar-refractivity contribution in [2.75, 3.05) is 18.6 Å². The van der Waals surface area contributed by atoms with Crippen LogP contribution in [0.25, 0.3) is 0 Å². The number of nitrogens with two attached hydrogens (primary N) is 1. The molecule has 0 radical (unpaired) electrons. The van der Waals surface area contributed by atoms with Gasteiger partial charge in [-0.1, -0.05) is 30.3 Å². The van der Waals surface area contributed by atoms with E-state index in [4.69, 9.17) is 10.8 Å². The van der Waals surface area contributed by atoms with E-state index in [2.05, 4.69) is 16.0 Å². The van der Waals surface area contributed by atoms with Crippen LogP contribution in [0.4, 0.5) is 0 Å². The molecule has 0 aliphatic heterocycles. The van der Waals surface area contributed by atoms with Gasteiger partial charge < -0.3 is 31.9 Å².